The van der Waals surface area contributed by atoms with Crippen LogP contribution in [0.4, 0.5) is 0 Å². The lowest BCUT2D eigenvalue weighted by Crippen LogP contribution is -2.26. The summed E-state index contributed by atoms with van der Waals surface area (Å²) >= 11 is 0. The van der Waals surface area contributed by atoms with Gasteiger partial charge in [-0.05, 0) is 30.5 Å². The van der Waals surface area contributed by atoms with Gasteiger partial charge in [-0.25, -0.2) is 26.7 Å². The highest BCUT2D eigenvalue weighted by Crippen LogP contribution is 2.27. The van der Waals surface area contributed by atoms with Crippen LogP contribution in [0.3, 0.4) is 0 Å². The number of primary sulfonamides is 1. The molecule has 1 aliphatic rings. The Balaban J connectivity index is 2.11. The first kappa shape index (κ1) is 13.5. The van der Waals surface area contributed by atoms with E-state index in [-0.39, 0.29) is 16.7 Å². The number of hydrogen-bond acceptors (Lipinski definition) is 4. The molecule has 0 unspecified atom stereocenters. The summed E-state index contributed by atoms with van der Waals surface area (Å²) in [7, 11) is -7.02. The lowest BCUT2D eigenvalue weighted by molar-refractivity contribution is 0.580. The molecule has 1 aliphatic carbocycles. The highest BCUT2D eigenvalue weighted by atomic mass is 32.2. The topological polar surface area (TPSA) is 106 Å². The molecule has 0 radical (unpaired) electrons. The maximum atomic E-state index is 11.6. The van der Waals surface area contributed by atoms with Crippen molar-refractivity contribution in [3.8, 4) is 0 Å². The molecule has 8 heteroatoms. The van der Waals surface area contributed by atoms with E-state index in [2.05, 4.69) is 4.72 Å². The highest BCUT2D eigenvalue weighted by molar-refractivity contribution is 7.90. The van der Waals surface area contributed by atoms with Crippen molar-refractivity contribution >= 4 is 20.0 Å². The van der Waals surface area contributed by atoms with Gasteiger partial charge in [0.05, 0.1) is 10.1 Å². The summed E-state index contributed by atoms with van der Waals surface area (Å²) in [4.78, 5) is -0.0226. The molecule has 18 heavy (non-hydrogen) atoms. The molecular formula is C10H14N2O4S2. The van der Waals surface area contributed by atoms with Crippen LogP contribution in [0.1, 0.15) is 18.4 Å². The first-order valence-electron chi connectivity index (χ1n) is 5.39. The molecule has 0 saturated heterocycles. The molecule has 0 aromatic heterocycles. The second-order valence-corrected chi connectivity index (χ2v) is 7.86. The van der Waals surface area contributed by atoms with Gasteiger partial charge in [0.1, 0.15) is 0 Å². The minimum atomic E-state index is -3.76. The average molecular weight is 290 g/mol. The molecule has 0 amide bonds. The zero-order valence-electron chi connectivity index (χ0n) is 9.53. The standard InChI is InChI=1S/C10H14N2O4S2/c11-17(13,14)10-3-1-2-8(6-10)7-12-18(15,16)9-4-5-9/h1-3,6,9,12H,4-5,7H2,(H2,11,13,14). The molecule has 0 heterocycles. The minimum absolute atomic E-state index is 0.0226. The Hall–Kier alpha value is -0.960. The van der Waals surface area contributed by atoms with Crippen molar-refractivity contribution in [2.45, 2.75) is 29.5 Å². The summed E-state index contributed by atoms with van der Waals surface area (Å²) in [5.74, 6) is 0. The molecule has 1 aromatic carbocycles. The number of benzene rings is 1. The van der Waals surface area contributed by atoms with Gasteiger partial charge in [-0.15, -0.1) is 0 Å². The largest absolute Gasteiger partial charge is 0.238 e. The van der Waals surface area contributed by atoms with Crippen LogP contribution in [0, 0.1) is 0 Å². The molecule has 100 valence electrons. The molecule has 3 N–H and O–H groups in total. The van der Waals surface area contributed by atoms with Gasteiger partial charge >= 0.3 is 0 Å². The van der Waals surface area contributed by atoms with Gasteiger partial charge in [0.15, 0.2) is 0 Å². The van der Waals surface area contributed by atoms with Crippen molar-refractivity contribution in [1.82, 2.24) is 4.72 Å². The minimum Gasteiger partial charge on any atom is -0.225 e. The molecular weight excluding hydrogens is 276 g/mol. The van der Waals surface area contributed by atoms with E-state index in [1.54, 1.807) is 6.07 Å². The van der Waals surface area contributed by atoms with Crippen LogP contribution < -0.4 is 9.86 Å². The Morgan fingerprint density at radius 3 is 2.44 bits per heavy atom. The smallest absolute Gasteiger partial charge is 0.225 e. The second-order valence-electron chi connectivity index (χ2n) is 4.26. The number of sulfonamides is 2. The molecule has 2 rings (SSSR count). The van der Waals surface area contributed by atoms with Crippen LogP contribution in [0.15, 0.2) is 29.2 Å². The lowest BCUT2D eigenvalue weighted by Gasteiger charge is -2.06. The molecule has 6 nitrogen and oxygen atoms in total. The Bertz CT molecular complexity index is 648. The van der Waals surface area contributed by atoms with E-state index >= 15 is 0 Å². The van der Waals surface area contributed by atoms with Crippen LogP contribution in [0.2, 0.25) is 0 Å². The SMILES string of the molecule is NS(=O)(=O)c1cccc(CNS(=O)(=O)C2CC2)c1. The van der Waals surface area contributed by atoms with Crippen LogP contribution in [-0.2, 0) is 26.6 Å². The van der Waals surface area contributed by atoms with E-state index in [0.717, 1.165) is 0 Å². The number of nitrogens with two attached hydrogens (primary N) is 1. The maximum Gasteiger partial charge on any atom is 0.238 e. The van der Waals surface area contributed by atoms with Crippen LogP contribution in [-0.4, -0.2) is 22.1 Å². The van der Waals surface area contributed by atoms with Gasteiger partial charge in [0, 0.05) is 6.54 Å². The summed E-state index contributed by atoms with van der Waals surface area (Å²) < 4.78 is 47.9. The zero-order valence-corrected chi connectivity index (χ0v) is 11.2. The third-order valence-corrected chi connectivity index (χ3v) is 5.47. The van der Waals surface area contributed by atoms with Crippen LogP contribution >= 0.6 is 0 Å². The van der Waals surface area contributed by atoms with Crippen molar-refractivity contribution in [3.63, 3.8) is 0 Å². The zero-order chi connectivity index (χ0) is 13.4. The summed E-state index contributed by atoms with van der Waals surface area (Å²) in [5, 5.41) is 4.71. The quantitative estimate of drug-likeness (QED) is 0.790. The summed E-state index contributed by atoms with van der Waals surface area (Å²) in [5.41, 5.74) is 0.561. The van der Waals surface area contributed by atoms with Gasteiger partial charge in [0.25, 0.3) is 0 Å². The third kappa shape index (κ3) is 3.29. The number of nitrogens with one attached hydrogen (secondary N) is 1. The second kappa shape index (κ2) is 4.61. The van der Waals surface area contributed by atoms with Gasteiger partial charge in [-0.1, -0.05) is 12.1 Å². The Morgan fingerprint density at radius 1 is 1.22 bits per heavy atom. The van der Waals surface area contributed by atoms with Gasteiger partial charge < -0.3 is 0 Å². The van der Waals surface area contributed by atoms with E-state index in [9.17, 15) is 16.8 Å². The lowest BCUT2D eigenvalue weighted by atomic mass is 10.2. The van der Waals surface area contributed by atoms with Crippen LogP contribution in [0.5, 0.6) is 0 Å². The van der Waals surface area contributed by atoms with Crippen molar-refractivity contribution in [2.75, 3.05) is 0 Å². The predicted molar refractivity (Wildman–Crippen MR) is 66.6 cm³/mol. The third-order valence-electron chi connectivity index (χ3n) is 2.67. The molecule has 0 atom stereocenters. The Labute approximate surface area is 106 Å². The monoisotopic (exact) mass is 290 g/mol. The Kier molecular flexibility index (Phi) is 3.45. The fourth-order valence-electron chi connectivity index (χ4n) is 1.51. The summed E-state index contributed by atoms with van der Waals surface area (Å²) in [6.07, 6.45) is 1.37. The number of hydrogen-bond donors (Lipinski definition) is 2. The van der Waals surface area contributed by atoms with E-state index < -0.39 is 20.0 Å². The summed E-state index contributed by atoms with van der Waals surface area (Å²) in [6.45, 7) is 0.0716. The highest BCUT2D eigenvalue weighted by Gasteiger charge is 2.35. The van der Waals surface area contributed by atoms with Gasteiger partial charge in [-0.2, -0.15) is 0 Å². The van der Waals surface area contributed by atoms with Crippen molar-refractivity contribution < 1.29 is 16.8 Å². The van der Waals surface area contributed by atoms with E-state index in [0.29, 0.717) is 18.4 Å². The van der Waals surface area contributed by atoms with E-state index in [1.165, 1.54) is 18.2 Å². The van der Waals surface area contributed by atoms with Crippen molar-refractivity contribution in [3.05, 3.63) is 29.8 Å². The molecule has 1 fully saturated rings. The Morgan fingerprint density at radius 2 is 1.89 bits per heavy atom. The molecule has 1 aromatic rings. The fraction of sp³-hybridized carbons (Fsp3) is 0.400. The molecule has 1 saturated carbocycles. The maximum absolute atomic E-state index is 11.6. The van der Waals surface area contributed by atoms with Crippen LogP contribution in [0.25, 0.3) is 0 Å². The predicted octanol–water partition coefficient (Wildman–Crippen LogP) is -0.0842. The first-order chi connectivity index (χ1) is 8.29. The van der Waals surface area contributed by atoms with Crippen molar-refractivity contribution in [1.29, 1.82) is 0 Å². The van der Waals surface area contributed by atoms with Gasteiger partial charge in [0.2, 0.25) is 20.0 Å². The first-order valence-corrected chi connectivity index (χ1v) is 8.48. The van der Waals surface area contributed by atoms with E-state index in [1.807, 2.05) is 0 Å². The van der Waals surface area contributed by atoms with E-state index in [4.69, 9.17) is 5.14 Å². The summed E-state index contributed by atoms with van der Waals surface area (Å²) in [6, 6.07) is 5.91. The van der Waals surface area contributed by atoms with Crippen molar-refractivity contribution in [2.24, 2.45) is 5.14 Å². The normalized spacial score (nSPS) is 16.7. The molecule has 0 aliphatic heterocycles. The van der Waals surface area contributed by atoms with Gasteiger partial charge in [-0.3, -0.25) is 0 Å². The molecule has 0 spiro atoms. The fourth-order valence-corrected chi connectivity index (χ4v) is 3.46. The molecule has 0 bridgehead atoms. The average Bonchev–Trinajstić information content (AvgIpc) is 3.10. The number of rotatable bonds is 5.